The van der Waals surface area contributed by atoms with Crippen molar-refractivity contribution >= 4 is 34.2 Å². The molecule has 0 aliphatic heterocycles. The number of aliphatic carboxylic acids is 1. The number of aromatic nitrogens is 3. The standard InChI is InChI=1S/C16H16N4O3S/c1-9(2)20-15-11(7-18-20)10(16(23)17-8-14(21)22)6-12(19-15)13-4-3-5-24-13/h3-7,9H,8H2,1-2H3,(H,17,23)(H,21,22). The molecule has 0 unspecified atom stereocenters. The number of carbonyl (C=O) groups excluding carboxylic acids is 1. The van der Waals surface area contributed by atoms with Crippen LogP contribution in [0.4, 0.5) is 0 Å². The average molecular weight is 344 g/mol. The molecule has 0 saturated heterocycles. The van der Waals surface area contributed by atoms with Gasteiger partial charge in [-0.15, -0.1) is 11.3 Å². The molecule has 8 heteroatoms. The summed E-state index contributed by atoms with van der Waals surface area (Å²) in [5.41, 5.74) is 1.65. The summed E-state index contributed by atoms with van der Waals surface area (Å²) in [6, 6.07) is 5.60. The van der Waals surface area contributed by atoms with Crippen LogP contribution in [-0.4, -0.2) is 38.3 Å². The molecule has 3 aromatic rings. The van der Waals surface area contributed by atoms with Gasteiger partial charge in [-0.3, -0.25) is 9.59 Å². The summed E-state index contributed by atoms with van der Waals surface area (Å²) in [6.07, 6.45) is 1.59. The zero-order valence-electron chi connectivity index (χ0n) is 13.2. The summed E-state index contributed by atoms with van der Waals surface area (Å²) in [6.45, 7) is 3.53. The third kappa shape index (κ3) is 3.00. The van der Waals surface area contributed by atoms with Crippen LogP contribution in [0.1, 0.15) is 30.2 Å². The van der Waals surface area contributed by atoms with Crippen LogP contribution in [0, 0.1) is 0 Å². The smallest absolute Gasteiger partial charge is 0.322 e. The Kier molecular flexibility index (Phi) is 4.30. The van der Waals surface area contributed by atoms with Crippen molar-refractivity contribution < 1.29 is 14.7 Å². The van der Waals surface area contributed by atoms with Crippen LogP contribution >= 0.6 is 11.3 Å². The largest absolute Gasteiger partial charge is 0.480 e. The van der Waals surface area contributed by atoms with Crippen molar-refractivity contribution in [2.75, 3.05) is 6.54 Å². The number of fused-ring (bicyclic) bond motifs is 1. The van der Waals surface area contributed by atoms with Gasteiger partial charge in [-0.1, -0.05) is 6.07 Å². The van der Waals surface area contributed by atoms with Crippen molar-refractivity contribution in [1.82, 2.24) is 20.1 Å². The van der Waals surface area contributed by atoms with E-state index < -0.39 is 18.4 Å². The highest BCUT2D eigenvalue weighted by atomic mass is 32.1. The highest BCUT2D eigenvalue weighted by Gasteiger charge is 2.19. The van der Waals surface area contributed by atoms with Gasteiger partial charge in [-0.05, 0) is 31.4 Å². The molecule has 3 aromatic heterocycles. The van der Waals surface area contributed by atoms with E-state index in [4.69, 9.17) is 5.11 Å². The number of nitrogens with one attached hydrogen (secondary N) is 1. The molecule has 7 nitrogen and oxygen atoms in total. The fourth-order valence-electron chi connectivity index (χ4n) is 2.39. The summed E-state index contributed by atoms with van der Waals surface area (Å²) in [5.74, 6) is -1.55. The predicted molar refractivity (Wildman–Crippen MR) is 91.2 cm³/mol. The van der Waals surface area contributed by atoms with Crippen LogP contribution in [0.25, 0.3) is 21.6 Å². The molecular formula is C16H16N4O3S. The van der Waals surface area contributed by atoms with E-state index in [-0.39, 0.29) is 6.04 Å². The first kappa shape index (κ1) is 16.1. The molecule has 0 aliphatic carbocycles. The quantitative estimate of drug-likeness (QED) is 0.741. The Morgan fingerprint density at radius 3 is 2.83 bits per heavy atom. The highest BCUT2D eigenvalue weighted by molar-refractivity contribution is 7.13. The molecule has 0 bridgehead atoms. The number of hydrogen-bond acceptors (Lipinski definition) is 5. The molecule has 1 amide bonds. The first-order valence-corrected chi connectivity index (χ1v) is 8.27. The van der Waals surface area contributed by atoms with Gasteiger partial charge >= 0.3 is 5.97 Å². The van der Waals surface area contributed by atoms with Crippen LogP contribution in [-0.2, 0) is 4.79 Å². The van der Waals surface area contributed by atoms with Crippen LogP contribution in [0.15, 0.2) is 29.8 Å². The zero-order valence-corrected chi connectivity index (χ0v) is 14.0. The van der Waals surface area contributed by atoms with E-state index in [1.165, 1.54) is 11.3 Å². The van der Waals surface area contributed by atoms with Crippen molar-refractivity contribution in [3.8, 4) is 10.6 Å². The van der Waals surface area contributed by atoms with E-state index in [0.29, 0.717) is 22.3 Å². The van der Waals surface area contributed by atoms with Crippen molar-refractivity contribution in [3.63, 3.8) is 0 Å². The topological polar surface area (TPSA) is 97.1 Å². The monoisotopic (exact) mass is 344 g/mol. The second-order valence-corrected chi connectivity index (χ2v) is 6.48. The van der Waals surface area contributed by atoms with Gasteiger partial charge in [-0.25, -0.2) is 9.67 Å². The lowest BCUT2D eigenvalue weighted by atomic mass is 10.1. The number of thiophene rings is 1. The second kappa shape index (κ2) is 6.40. The van der Waals surface area contributed by atoms with Gasteiger partial charge in [0.05, 0.1) is 27.7 Å². The van der Waals surface area contributed by atoms with Crippen molar-refractivity contribution in [2.24, 2.45) is 0 Å². The fourth-order valence-corrected chi connectivity index (χ4v) is 3.07. The number of pyridine rings is 1. The summed E-state index contributed by atoms with van der Waals surface area (Å²) in [7, 11) is 0. The number of amides is 1. The number of carboxylic acid groups (broad SMARTS) is 1. The van der Waals surface area contributed by atoms with Gasteiger partial charge < -0.3 is 10.4 Å². The lowest BCUT2D eigenvalue weighted by Crippen LogP contribution is -2.29. The van der Waals surface area contributed by atoms with Crippen LogP contribution in [0.3, 0.4) is 0 Å². The molecule has 3 heterocycles. The molecule has 0 atom stereocenters. The summed E-state index contributed by atoms with van der Waals surface area (Å²) in [4.78, 5) is 28.7. The minimum Gasteiger partial charge on any atom is -0.480 e. The van der Waals surface area contributed by atoms with E-state index in [9.17, 15) is 9.59 Å². The molecule has 0 radical (unpaired) electrons. The molecule has 124 valence electrons. The summed E-state index contributed by atoms with van der Waals surface area (Å²) >= 11 is 1.52. The second-order valence-electron chi connectivity index (χ2n) is 5.53. The third-order valence-electron chi connectivity index (χ3n) is 3.47. The fraction of sp³-hybridized carbons (Fsp3) is 0.250. The molecule has 0 aromatic carbocycles. The van der Waals surface area contributed by atoms with E-state index in [1.54, 1.807) is 16.9 Å². The van der Waals surface area contributed by atoms with Crippen LogP contribution < -0.4 is 5.32 Å². The molecular weight excluding hydrogens is 328 g/mol. The van der Waals surface area contributed by atoms with Gasteiger partial charge in [0.25, 0.3) is 5.91 Å². The first-order valence-electron chi connectivity index (χ1n) is 7.39. The predicted octanol–water partition coefficient (Wildman–Crippen LogP) is 2.56. The zero-order chi connectivity index (χ0) is 17.3. The van der Waals surface area contributed by atoms with E-state index in [0.717, 1.165) is 4.88 Å². The Labute approximate surface area is 141 Å². The normalized spacial score (nSPS) is 11.1. The summed E-state index contributed by atoms with van der Waals surface area (Å²) < 4.78 is 1.75. The number of carbonyl (C=O) groups is 2. The molecule has 2 N–H and O–H groups in total. The molecule has 3 rings (SSSR count). The van der Waals surface area contributed by atoms with E-state index >= 15 is 0 Å². The van der Waals surface area contributed by atoms with Crippen molar-refractivity contribution in [3.05, 3.63) is 35.3 Å². The Morgan fingerprint density at radius 1 is 1.42 bits per heavy atom. The maximum Gasteiger partial charge on any atom is 0.322 e. The Bertz CT molecular complexity index is 900. The molecule has 24 heavy (non-hydrogen) atoms. The Balaban J connectivity index is 2.15. The van der Waals surface area contributed by atoms with Gasteiger partial charge in [0, 0.05) is 6.04 Å². The van der Waals surface area contributed by atoms with E-state index in [2.05, 4.69) is 15.4 Å². The summed E-state index contributed by atoms with van der Waals surface area (Å²) in [5, 5.41) is 18.0. The molecule has 0 aliphatic rings. The number of carboxylic acids is 1. The highest BCUT2D eigenvalue weighted by Crippen LogP contribution is 2.28. The lowest BCUT2D eigenvalue weighted by Gasteiger charge is -2.10. The SMILES string of the molecule is CC(C)n1ncc2c(C(=O)NCC(=O)O)cc(-c3cccs3)nc21. The molecule has 0 fully saturated rings. The Morgan fingerprint density at radius 2 is 2.21 bits per heavy atom. The minimum atomic E-state index is -1.09. The number of hydrogen-bond donors (Lipinski definition) is 2. The molecule has 0 saturated carbocycles. The van der Waals surface area contributed by atoms with Crippen LogP contribution in [0.2, 0.25) is 0 Å². The van der Waals surface area contributed by atoms with Gasteiger partial charge in [-0.2, -0.15) is 5.10 Å². The van der Waals surface area contributed by atoms with Gasteiger partial charge in [0.1, 0.15) is 6.54 Å². The van der Waals surface area contributed by atoms with Crippen molar-refractivity contribution in [1.29, 1.82) is 0 Å². The van der Waals surface area contributed by atoms with Gasteiger partial charge in [0.2, 0.25) is 0 Å². The first-order chi connectivity index (χ1) is 11.5. The molecule has 0 spiro atoms. The maximum absolute atomic E-state index is 12.4. The van der Waals surface area contributed by atoms with Crippen LogP contribution in [0.5, 0.6) is 0 Å². The Hall–Kier alpha value is -2.74. The van der Waals surface area contributed by atoms with Crippen molar-refractivity contribution in [2.45, 2.75) is 19.9 Å². The van der Waals surface area contributed by atoms with E-state index in [1.807, 2.05) is 31.4 Å². The minimum absolute atomic E-state index is 0.0866. The average Bonchev–Trinajstić information content (AvgIpc) is 3.20. The maximum atomic E-state index is 12.4. The third-order valence-corrected chi connectivity index (χ3v) is 4.37. The lowest BCUT2D eigenvalue weighted by molar-refractivity contribution is -0.135. The van der Waals surface area contributed by atoms with Gasteiger partial charge in [0.15, 0.2) is 5.65 Å². The number of nitrogens with zero attached hydrogens (tertiary/aromatic N) is 3. The number of rotatable bonds is 5.